The molecule has 0 aliphatic rings. The number of amides is 1. The van der Waals surface area contributed by atoms with Crippen LogP contribution >= 0.6 is 23.1 Å². The first-order chi connectivity index (χ1) is 11.6. The Morgan fingerprint density at radius 2 is 2.08 bits per heavy atom. The molecule has 3 rings (SSSR count). The summed E-state index contributed by atoms with van der Waals surface area (Å²) in [5.74, 6) is 0.409. The number of thioether (sulfide) groups is 1. The van der Waals surface area contributed by atoms with Crippen molar-refractivity contribution in [2.45, 2.75) is 30.9 Å². The molecule has 7 heteroatoms. The van der Waals surface area contributed by atoms with Gasteiger partial charge in [0, 0.05) is 10.4 Å². The molecule has 2 heterocycles. The fourth-order valence-electron chi connectivity index (χ4n) is 2.01. The molecule has 124 valence electrons. The van der Waals surface area contributed by atoms with Crippen molar-refractivity contribution in [1.29, 1.82) is 0 Å². The van der Waals surface area contributed by atoms with E-state index in [0.717, 1.165) is 10.4 Å². The molecular weight excluding hydrogens is 342 g/mol. The molecule has 0 fully saturated rings. The number of carbonyl (C=O) groups is 1. The van der Waals surface area contributed by atoms with Gasteiger partial charge in [-0.15, -0.1) is 21.5 Å². The number of aromatic nitrogens is 2. The summed E-state index contributed by atoms with van der Waals surface area (Å²) >= 11 is 2.88. The molecule has 1 atom stereocenters. The minimum atomic E-state index is -0.309. The molecule has 1 amide bonds. The van der Waals surface area contributed by atoms with Crippen molar-refractivity contribution in [3.63, 3.8) is 0 Å². The predicted molar refractivity (Wildman–Crippen MR) is 96.0 cm³/mol. The molecular formula is C17H17N3O2S2. The summed E-state index contributed by atoms with van der Waals surface area (Å²) in [5.41, 5.74) is 2.04. The fraction of sp³-hybridized carbons (Fsp3) is 0.235. The minimum absolute atomic E-state index is 0.0523. The Kier molecular flexibility index (Phi) is 5.32. The van der Waals surface area contributed by atoms with Gasteiger partial charge in [-0.05, 0) is 37.4 Å². The Hall–Kier alpha value is -2.12. The third-order valence-corrected chi connectivity index (χ3v) is 5.18. The van der Waals surface area contributed by atoms with Gasteiger partial charge in [0.1, 0.15) is 0 Å². The number of benzene rings is 1. The first-order valence-electron chi connectivity index (χ1n) is 7.49. The molecule has 1 N–H and O–H groups in total. The van der Waals surface area contributed by atoms with E-state index in [1.54, 1.807) is 11.3 Å². The Morgan fingerprint density at radius 1 is 1.29 bits per heavy atom. The van der Waals surface area contributed by atoms with Crippen LogP contribution in [0.2, 0.25) is 0 Å². The van der Waals surface area contributed by atoms with Crippen molar-refractivity contribution in [2.75, 3.05) is 0 Å². The van der Waals surface area contributed by atoms with Gasteiger partial charge in [-0.3, -0.25) is 4.79 Å². The van der Waals surface area contributed by atoms with Crippen LogP contribution in [0.15, 0.2) is 51.4 Å². The SMILES string of the molecule is Cc1ccc(-c2nnc(SC(C)C(=O)NCc3cccs3)o2)cc1. The van der Waals surface area contributed by atoms with E-state index in [2.05, 4.69) is 15.5 Å². The van der Waals surface area contributed by atoms with Crippen LogP contribution in [0.4, 0.5) is 0 Å². The molecule has 1 unspecified atom stereocenters. The van der Waals surface area contributed by atoms with E-state index in [0.29, 0.717) is 17.7 Å². The van der Waals surface area contributed by atoms with Gasteiger partial charge in [0.2, 0.25) is 11.8 Å². The number of rotatable bonds is 6. The first-order valence-corrected chi connectivity index (χ1v) is 9.25. The van der Waals surface area contributed by atoms with E-state index in [1.165, 1.54) is 17.3 Å². The maximum atomic E-state index is 12.1. The smallest absolute Gasteiger partial charge is 0.277 e. The lowest BCUT2D eigenvalue weighted by Gasteiger charge is -2.08. The van der Waals surface area contributed by atoms with Gasteiger partial charge in [-0.1, -0.05) is 35.5 Å². The Morgan fingerprint density at radius 3 is 2.79 bits per heavy atom. The second kappa shape index (κ2) is 7.63. The first kappa shape index (κ1) is 16.7. The van der Waals surface area contributed by atoms with E-state index >= 15 is 0 Å². The molecule has 0 spiro atoms. The zero-order valence-electron chi connectivity index (χ0n) is 13.4. The Bertz CT molecular complexity index is 798. The summed E-state index contributed by atoms with van der Waals surface area (Å²) < 4.78 is 5.64. The molecule has 0 aliphatic heterocycles. The Labute approximate surface area is 148 Å². The second-order valence-electron chi connectivity index (χ2n) is 5.30. The predicted octanol–water partition coefficient (Wildman–Crippen LogP) is 3.90. The number of thiophene rings is 1. The number of nitrogens with zero attached hydrogens (tertiary/aromatic N) is 2. The second-order valence-corrected chi connectivity index (χ2v) is 7.62. The molecule has 24 heavy (non-hydrogen) atoms. The maximum Gasteiger partial charge on any atom is 0.277 e. The van der Waals surface area contributed by atoms with Gasteiger partial charge in [-0.2, -0.15) is 0 Å². The molecule has 5 nitrogen and oxygen atoms in total. The summed E-state index contributed by atoms with van der Waals surface area (Å²) in [6.45, 7) is 4.39. The van der Waals surface area contributed by atoms with Gasteiger partial charge < -0.3 is 9.73 Å². The number of nitrogens with one attached hydrogen (secondary N) is 1. The van der Waals surface area contributed by atoms with Crippen LogP contribution in [-0.4, -0.2) is 21.4 Å². The lowest BCUT2D eigenvalue weighted by molar-refractivity contribution is -0.120. The molecule has 0 aliphatic carbocycles. The van der Waals surface area contributed by atoms with Crippen molar-refractivity contribution >= 4 is 29.0 Å². The molecule has 2 aromatic heterocycles. The van der Waals surface area contributed by atoms with Gasteiger partial charge in [-0.25, -0.2) is 0 Å². The molecule has 0 bridgehead atoms. The summed E-state index contributed by atoms with van der Waals surface area (Å²) in [6.07, 6.45) is 0. The molecule has 0 saturated heterocycles. The van der Waals surface area contributed by atoms with Gasteiger partial charge in [0.15, 0.2) is 0 Å². The van der Waals surface area contributed by atoms with Crippen LogP contribution in [-0.2, 0) is 11.3 Å². The van der Waals surface area contributed by atoms with Crippen LogP contribution in [0.1, 0.15) is 17.4 Å². The summed E-state index contributed by atoms with van der Waals surface area (Å²) in [4.78, 5) is 13.3. The highest BCUT2D eigenvalue weighted by Crippen LogP contribution is 2.26. The van der Waals surface area contributed by atoms with Crippen molar-refractivity contribution in [3.8, 4) is 11.5 Å². The van der Waals surface area contributed by atoms with Crippen LogP contribution in [0.3, 0.4) is 0 Å². The van der Waals surface area contributed by atoms with Crippen molar-refractivity contribution < 1.29 is 9.21 Å². The maximum absolute atomic E-state index is 12.1. The highest BCUT2D eigenvalue weighted by molar-refractivity contribution is 8.00. The largest absolute Gasteiger partial charge is 0.411 e. The highest BCUT2D eigenvalue weighted by atomic mass is 32.2. The highest BCUT2D eigenvalue weighted by Gasteiger charge is 2.18. The average molecular weight is 359 g/mol. The zero-order valence-corrected chi connectivity index (χ0v) is 15.0. The standard InChI is InChI=1S/C17H17N3O2S2/c1-11-5-7-13(8-6-11)16-19-20-17(22-16)24-12(2)15(21)18-10-14-4-3-9-23-14/h3-9,12H,10H2,1-2H3,(H,18,21). The monoisotopic (exact) mass is 359 g/mol. The van der Waals surface area contributed by atoms with Crippen molar-refractivity contribution in [2.24, 2.45) is 0 Å². The van der Waals surface area contributed by atoms with E-state index in [-0.39, 0.29) is 11.2 Å². The van der Waals surface area contributed by atoms with Crippen molar-refractivity contribution in [3.05, 3.63) is 52.2 Å². The third kappa shape index (κ3) is 4.24. The lowest BCUT2D eigenvalue weighted by atomic mass is 10.1. The quantitative estimate of drug-likeness (QED) is 0.676. The zero-order chi connectivity index (χ0) is 16.9. The normalized spacial score (nSPS) is 12.1. The van der Waals surface area contributed by atoms with Crippen LogP contribution < -0.4 is 5.32 Å². The molecule has 0 saturated carbocycles. The third-order valence-electron chi connectivity index (χ3n) is 3.37. The topological polar surface area (TPSA) is 68.0 Å². The van der Waals surface area contributed by atoms with Gasteiger partial charge >= 0.3 is 0 Å². The number of hydrogen-bond acceptors (Lipinski definition) is 6. The summed E-state index contributed by atoms with van der Waals surface area (Å²) in [5, 5.41) is 13.0. The van der Waals surface area contributed by atoms with Crippen LogP contribution in [0.5, 0.6) is 0 Å². The van der Waals surface area contributed by atoms with E-state index in [4.69, 9.17) is 4.42 Å². The van der Waals surface area contributed by atoms with Gasteiger partial charge in [0.25, 0.3) is 5.22 Å². The van der Waals surface area contributed by atoms with Crippen LogP contribution in [0, 0.1) is 6.92 Å². The van der Waals surface area contributed by atoms with Crippen molar-refractivity contribution in [1.82, 2.24) is 15.5 Å². The van der Waals surface area contributed by atoms with E-state index in [9.17, 15) is 4.79 Å². The average Bonchev–Trinajstić information content (AvgIpc) is 3.25. The lowest BCUT2D eigenvalue weighted by Crippen LogP contribution is -2.30. The number of hydrogen-bond donors (Lipinski definition) is 1. The summed E-state index contributed by atoms with van der Waals surface area (Å²) in [6, 6.07) is 11.8. The number of aryl methyl sites for hydroxylation is 1. The number of carbonyl (C=O) groups excluding carboxylic acids is 1. The van der Waals surface area contributed by atoms with E-state index < -0.39 is 0 Å². The van der Waals surface area contributed by atoms with Crippen LogP contribution in [0.25, 0.3) is 11.5 Å². The summed E-state index contributed by atoms with van der Waals surface area (Å²) in [7, 11) is 0. The van der Waals surface area contributed by atoms with E-state index in [1.807, 2.05) is 55.6 Å². The minimum Gasteiger partial charge on any atom is -0.411 e. The van der Waals surface area contributed by atoms with Gasteiger partial charge in [0.05, 0.1) is 11.8 Å². The fourth-order valence-corrected chi connectivity index (χ4v) is 3.36. The molecule has 0 radical (unpaired) electrons. The Balaban J connectivity index is 1.57. The molecule has 3 aromatic rings. The molecule has 1 aromatic carbocycles.